The maximum absolute atomic E-state index is 12.7. The van der Waals surface area contributed by atoms with Gasteiger partial charge in [-0.15, -0.1) is 0 Å². The molecule has 0 aliphatic heterocycles. The topological polar surface area (TPSA) is 99.6 Å². The first-order valence-electron chi connectivity index (χ1n) is 10.3. The van der Waals surface area contributed by atoms with Gasteiger partial charge in [0.15, 0.2) is 11.5 Å². The van der Waals surface area contributed by atoms with Crippen LogP contribution in [-0.2, 0) is 6.42 Å². The van der Waals surface area contributed by atoms with E-state index in [4.69, 9.17) is 19.7 Å². The van der Waals surface area contributed by atoms with Gasteiger partial charge in [0.05, 0.1) is 19.8 Å². The summed E-state index contributed by atoms with van der Waals surface area (Å²) in [7, 11) is 3.22. The van der Waals surface area contributed by atoms with Gasteiger partial charge in [0.25, 0.3) is 5.91 Å². The van der Waals surface area contributed by atoms with Crippen molar-refractivity contribution in [3.8, 4) is 22.8 Å². The number of nitrogen functional groups attached to an aromatic ring is 1. The standard InChI is InChI=1S/C24H29N3O4/c1-6-26-24(28)22-19(11-15-7-9-16(25)10-8-15)23(31-27-22)18-12-17(14(2)3)20(29-4)13-21(18)30-5/h7-10,12-14H,6,11,25H2,1-5H3,(H,26,28). The highest BCUT2D eigenvalue weighted by molar-refractivity contribution is 5.95. The number of carbonyl (C=O) groups excluding carboxylic acids is 1. The quantitative estimate of drug-likeness (QED) is 0.521. The smallest absolute Gasteiger partial charge is 0.273 e. The first-order valence-corrected chi connectivity index (χ1v) is 10.3. The summed E-state index contributed by atoms with van der Waals surface area (Å²) in [6.07, 6.45) is 0.456. The normalized spacial score (nSPS) is 10.9. The van der Waals surface area contributed by atoms with Gasteiger partial charge in [-0.2, -0.15) is 0 Å². The number of nitrogens with zero attached hydrogens (tertiary/aromatic N) is 1. The molecule has 0 saturated heterocycles. The Morgan fingerprint density at radius 1 is 1.13 bits per heavy atom. The largest absolute Gasteiger partial charge is 0.496 e. The molecule has 3 rings (SSSR count). The molecule has 1 aromatic heterocycles. The molecule has 1 amide bonds. The zero-order valence-electron chi connectivity index (χ0n) is 18.6. The number of nitrogens with one attached hydrogen (secondary N) is 1. The summed E-state index contributed by atoms with van der Waals surface area (Å²) in [6, 6.07) is 11.3. The number of carbonyl (C=O) groups is 1. The molecule has 0 fully saturated rings. The third-order valence-corrected chi connectivity index (χ3v) is 5.12. The van der Waals surface area contributed by atoms with Crippen molar-refractivity contribution in [3.05, 3.63) is 58.8 Å². The van der Waals surface area contributed by atoms with Crippen LogP contribution in [0.5, 0.6) is 11.5 Å². The van der Waals surface area contributed by atoms with Gasteiger partial charge in [-0.25, -0.2) is 0 Å². The van der Waals surface area contributed by atoms with Crippen molar-refractivity contribution in [1.29, 1.82) is 0 Å². The highest BCUT2D eigenvalue weighted by Gasteiger charge is 2.26. The van der Waals surface area contributed by atoms with Crippen molar-refractivity contribution >= 4 is 11.6 Å². The van der Waals surface area contributed by atoms with Crippen molar-refractivity contribution < 1.29 is 18.8 Å². The Bertz CT molecular complexity index is 1060. The van der Waals surface area contributed by atoms with E-state index in [1.807, 2.05) is 43.3 Å². The van der Waals surface area contributed by atoms with Crippen molar-refractivity contribution in [2.75, 3.05) is 26.5 Å². The van der Waals surface area contributed by atoms with Gasteiger partial charge in [0.1, 0.15) is 11.5 Å². The first-order chi connectivity index (χ1) is 14.9. The maximum atomic E-state index is 12.7. The first kappa shape index (κ1) is 22.2. The fraction of sp³-hybridized carbons (Fsp3) is 0.333. The van der Waals surface area contributed by atoms with E-state index in [0.29, 0.717) is 35.7 Å². The zero-order chi connectivity index (χ0) is 22.5. The SMILES string of the molecule is CCNC(=O)c1noc(-c2cc(C(C)C)c(OC)cc2OC)c1Cc1ccc(N)cc1. The summed E-state index contributed by atoms with van der Waals surface area (Å²) in [5.74, 6) is 1.75. The molecule has 0 unspecified atom stereocenters. The van der Waals surface area contributed by atoms with Crippen LogP contribution in [0.1, 0.15) is 53.9 Å². The molecule has 3 N–H and O–H groups in total. The molecule has 0 bridgehead atoms. The lowest BCUT2D eigenvalue weighted by Gasteiger charge is -2.16. The number of nitrogens with two attached hydrogens (primary N) is 1. The minimum atomic E-state index is -0.278. The number of hydrogen-bond donors (Lipinski definition) is 2. The molecule has 7 heteroatoms. The molecular weight excluding hydrogens is 394 g/mol. The lowest BCUT2D eigenvalue weighted by atomic mass is 9.94. The average Bonchev–Trinajstić information content (AvgIpc) is 3.17. The number of methoxy groups -OCH3 is 2. The lowest BCUT2D eigenvalue weighted by Crippen LogP contribution is -2.24. The fourth-order valence-corrected chi connectivity index (χ4v) is 3.50. The van der Waals surface area contributed by atoms with Crippen LogP contribution < -0.4 is 20.5 Å². The van der Waals surface area contributed by atoms with Gasteiger partial charge < -0.3 is 25.0 Å². The summed E-state index contributed by atoms with van der Waals surface area (Å²) in [6.45, 7) is 6.53. The van der Waals surface area contributed by atoms with Gasteiger partial charge in [-0.05, 0) is 42.2 Å². The molecule has 2 aromatic carbocycles. The Balaban J connectivity index is 2.19. The van der Waals surface area contributed by atoms with Crippen molar-refractivity contribution in [2.45, 2.75) is 33.1 Å². The Morgan fingerprint density at radius 3 is 2.39 bits per heavy atom. The van der Waals surface area contributed by atoms with Crippen LogP contribution in [0.3, 0.4) is 0 Å². The highest BCUT2D eigenvalue weighted by Crippen LogP contribution is 2.41. The molecule has 7 nitrogen and oxygen atoms in total. The maximum Gasteiger partial charge on any atom is 0.273 e. The molecule has 31 heavy (non-hydrogen) atoms. The molecule has 0 radical (unpaired) electrons. The second kappa shape index (κ2) is 9.55. The van der Waals surface area contributed by atoms with Crippen molar-refractivity contribution in [2.24, 2.45) is 0 Å². The third-order valence-electron chi connectivity index (χ3n) is 5.12. The van der Waals surface area contributed by atoms with E-state index >= 15 is 0 Å². The van der Waals surface area contributed by atoms with Crippen LogP contribution >= 0.6 is 0 Å². The van der Waals surface area contributed by atoms with Gasteiger partial charge in [0.2, 0.25) is 0 Å². The minimum Gasteiger partial charge on any atom is -0.496 e. The van der Waals surface area contributed by atoms with Crippen LogP contribution in [-0.4, -0.2) is 31.8 Å². The van der Waals surface area contributed by atoms with Gasteiger partial charge >= 0.3 is 0 Å². The Kier molecular flexibility index (Phi) is 6.84. The van der Waals surface area contributed by atoms with E-state index in [1.54, 1.807) is 14.2 Å². The Labute approximate surface area is 182 Å². The van der Waals surface area contributed by atoms with Gasteiger partial charge in [-0.3, -0.25) is 4.79 Å². The monoisotopic (exact) mass is 423 g/mol. The summed E-state index contributed by atoms with van der Waals surface area (Å²) in [5, 5.41) is 6.92. The van der Waals surface area contributed by atoms with Crippen LogP contribution in [0.4, 0.5) is 5.69 Å². The summed E-state index contributed by atoms with van der Waals surface area (Å²) >= 11 is 0. The second-order valence-electron chi connectivity index (χ2n) is 7.57. The molecule has 164 valence electrons. The molecule has 0 aliphatic carbocycles. The van der Waals surface area contributed by atoms with E-state index in [2.05, 4.69) is 24.3 Å². The van der Waals surface area contributed by atoms with E-state index < -0.39 is 0 Å². The Morgan fingerprint density at radius 2 is 1.81 bits per heavy atom. The van der Waals surface area contributed by atoms with Crippen LogP contribution in [0.2, 0.25) is 0 Å². The summed E-state index contributed by atoms with van der Waals surface area (Å²) in [5.41, 5.74) is 10.2. The number of hydrogen-bond acceptors (Lipinski definition) is 6. The average molecular weight is 424 g/mol. The minimum absolute atomic E-state index is 0.214. The van der Waals surface area contributed by atoms with E-state index in [-0.39, 0.29) is 17.5 Å². The van der Waals surface area contributed by atoms with E-state index in [0.717, 1.165) is 22.4 Å². The van der Waals surface area contributed by atoms with Crippen LogP contribution in [0.25, 0.3) is 11.3 Å². The molecule has 0 spiro atoms. The van der Waals surface area contributed by atoms with Gasteiger partial charge in [-0.1, -0.05) is 31.1 Å². The van der Waals surface area contributed by atoms with Crippen molar-refractivity contribution in [3.63, 3.8) is 0 Å². The van der Waals surface area contributed by atoms with Crippen molar-refractivity contribution in [1.82, 2.24) is 10.5 Å². The predicted molar refractivity (Wildman–Crippen MR) is 121 cm³/mol. The number of aromatic nitrogens is 1. The van der Waals surface area contributed by atoms with Crippen LogP contribution in [0, 0.1) is 0 Å². The molecule has 0 saturated carbocycles. The van der Waals surface area contributed by atoms with Gasteiger partial charge in [0, 0.05) is 30.3 Å². The number of rotatable bonds is 8. The molecule has 1 heterocycles. The van der Waals surface area contributed by atoms with Crippen LogP contribution in [0.15, 0.2) is 40.9 Å². The molecular formula is C24H29N3O4. The number of ether oxygens (including phenoxy) is 2. The predicted octanol–water partition coefficient (Wildman–Crippen LogP) is 4.40. The number of anilines is 1. The third kappa shape index (κ3) is 4.66. The molecule has 0 atom stereocenters. The molecule has 3 aromatic rings. The number of benzene rings is 2. The molecule has 0 aliphatic rings. The second-order valence-corrected chi connectivity index (χ2v) is 7.57. The van der Waals surface area contributed by atoms with E-state index in [9.17, 15) is 4.79 Å². The zero-order valence-corrected chi connectivity index (χ0v) is 18.6. The Hall–Kier alpha value is -3.48. The fourth-order valence-electron chi connectivity index (χ4n) is 3.50. The van der Waals surface area contributed by atoms with E-state index in [1.165, 1.54) is 0 Å². The lowest BCUT2D eigenvalue weighted by molar-refractivity contribution is 0.0946. The summed E-state index contributed by atoms with van der Waals surface area (Å²) in [4.78, 5) is 12.7. The summed E-state index contributed by atoms with van der Waals surface area (Å²) < 4.78 is 16.9. The number of amides is 1. The highest BCUT2D eigenvalue weighted by atomic mass is 16.5.